The number of benzene rings is 3. The van der Waals surface area contributed by atoms with E-state index < -0.39 is 17.8 Å². The highest BCUT2D eigenvalue weighted by atomic mass is 79.9. The first-order valence-corrected chi connectivity index (χ1v) is 11.9. The Kier molecular flexibility index (Phi) is 7.70. The fourth-order valence-corrected chi connectivity index (χ4v) is 3.80. The number of imide groups is 2. The van der Waals surface area contributed by atoms with Crippen LogP contribution in [0, 0.1) is 0 Å². The lowest BCUT2D eigenvalue weighted by atomic mass is 10.1. The zero-order valence-electron chi connectivity index (χ0n) is 19.6. The minimum atomic E-state index is -0.826. The van der Waals surface area contributed by atoms with E-state index in [4.69, 9.17) is 14.2 Å². The van der Waals surface area contributed by atoms with Crippen LogP contribution in [-0.2, 0) is 16.2 Å². The smallest absolute Gasteiger partial charge is 0.335 e. The minimum Gasteiger partial charge on any atom is -0.497 e. The van der Waals surface area contributed by atoms with E-state index in [-0.39, 0.29) is 12.2 Å². The summed E-state index contributed by atoms with van der Waals surface area (Å²) in [5.74, 6) is 0.0247. The van der Waals surface area contributed by atoms with Gasteiger partial charge in [0.2, 0.25) is 0 Å². The molecule has 0 aromatic heterocycles. The molecular formula is C27H23BrN2O6. The number of ether oxygens (including phenoxy) is 3. The molecule has 8 nitrogen and oxygen atoms in total. The van der Waals surface area contributed by atoms with Crippen molar-refractivity contribution in [3.63, 3.8) is 0 Å². The molecule has 0 atom stereocenters. The summed E-state index contributed by atoms with van der Waals surface area (Å²) in [7, 11) is 1.53. The number of barbiturate groups is 1. The fourth-order valence-electron chi connectivity index (χ4n) is 3.53. The molecule has 1 aliphatic heterocycles. The Bertz CT molecular complexity index is 1320. The number of urea groups is 1. The molecule has 3 aromatic carbocycles. The third kappa shape index (κ3) is 5.58. The number of hydrogen-bond donors (Lipinski definition) is 1. The summed E-state index contributed by atoms with van der Waals surface area (Å²) < 4.78 is 17.7. The molecule has 3 aromatic rings. The van der Waals surface area contributed by atoms with Crippen LogP contribution in [0.2, 0.25) is 0 Å². The average molecular weight is 551 g/mol. The molecule has 0 unspecified atom stereocenters. The molecule has 184 valence electrons. The van der Waals surface area contributed by atoms with Gasteiger partial charge in [0.1, 0.15) is 29.4 Å². The number of carbonyl (C=O) groups excluding carboxylic acids is 3. The van der Waals surface area contributed by atoms with E-state index in [2.05, 4.69) is 21.2 Å². The Morgan fingerprint density at radius 1 is 0.917 bits per heavy atom. The molecule has 1 aliphatic rings. The van der Waals surface area contributed by atoms with Crippen LogP contribution in [0.3, 0.4) is 0 Å². The Balaban J connectivity index is 1.65. The van der Waals surface area contributed by atoms with Gasteiger partial charge >= 0.3 is 6.03 Å². The van der Waals surface area contributed by atoms with Gasteiger partial charge in [0.25, 0.3) is 11.8 Å². The largest absolute Gasteiger partial charge is 0.497 e. The van der Waals surface area contributed by atoms with Crippen molar-refractivity contribution in [3.8, 4) is 17.2 Å². The van der Waals surface area contributed by atoms with Gasteiger partial charge in [-0.1, -0.05) is 28.1 Å². The summed E-state index contributed by atoms with van der Waals surface area (Å²) in [5.41, 5.74) is 1.51. The molecular weight excluding hydrogens is 528 g/mol. The first-order chi connectivity index (χ1) is 17.4. The predicted molar refractivity (Wildman–Crippen MR) is 138 cm³/mol. The maximum Gasteiger partial charge on any atom is 0.335 e. The SMILES string of the molecule is CCOc1ccc(N2C(=O)NC(=O)/C(=C\c3ccc(OC)cc3OCc3ccc(Br)cc3)C2=O)cc1. The average Bonchev–Trinajstić information content (AvgIpc) is 2.87. The van der Waals surface area contributed by atoms with Crippen molar-refractivity contribution in [2.75, 3.05) is 18.6 Å². The monoisotopic (exact) mass is 550 g/mol. The lowest BCUT2D eigenvalue weighted by Gasteiger charge is -2.26. The van der Waals surface area contributed by atoms with Gasteiger partial charge in [-0.15, -0.1) is 0 Å². The highest BCUT2D eigenvalue weighted by Crippen LogP contribution is 2.30. The predicted octanol–water partition coefficient (Wildman–Crippen LogP) is 5.10. The van der Waals surface area contributed by atoms with Crippen LogP contribution in [0.25, 0.3) is 6.08 Å². The summed E-state index contributed by atoms with van der Waals surface area (Å²) in [6.45, 7) is 2.60. The Labute approximate surface area is 216 Å². The lowest BCUT2D eigenvalue weighted by molar-refractivity contribution is -0.122. The van der Waals surface area contributed by atoms with Crippen LogP contribution in [0.4, 0.5) is 10.5 Å². The van der Waals surface area contributed by atoms with Crippen molar-refractivity contribution in [1.29, 1.82) is 0 Å². The number of nitrogens with zero attached hydrogens (tertiary/aromatic N) is 1. The molecule has 9 heteroatoms. The maximum atomic E-state index is 13.3. The Morgan fingerprint density at radius 2 is 1.61 bits per heavy atom. The molecule has 1 saturated heterocycles. The Hall–Kier alpha value is -4.11. The van der Waals surface area contributed by atoms with Gasteiger partial charge in [-0.3, -0.25) is 14.9 Å². The van der Waals surface area contributed by atoms with Crippen molar-refractivity contribution in [2.45, 2.75) is 13.5 Å². The third-order valence-corrected chi connectivity index (χ3v) is 5.86. The normalized spacial score (nSPS) is 14.6. The molecule has 1 N–H and O–H groups in total. The van der Waals surface area contributed by atoms with Crippen LogP contribution in [0.15, 0.2) is 76.8 Å². The molecule has 1 heterocycles. The van der Waals surface area contributed by atoms with Crippen LogP contribution >= 0.6 is 15.9 Å². The van der Waals surface area contributed by atoms with Crippen LogP contribution in [0.5, 0.6) is 17.2 Å². The van der Waals surface area contributed by atoms with Crippen molar-refractivity contribution >= 4 is 45.5 Å². The summed E-state index contributed by atoms with van der Waals surface area (Å²) in [6, 6.07) is 18.3. The van der Waals surface area contributed by atoms with Gasteiger partial charge in [-0.25, -0.2) is 9.69 Å². The van der Waals surface area contributed by atoms with E-state index >= 15 is 0 Å². The summed E-state index contributed by atoms with van der Waals surface area (Å²) in [5, 5.41) is 2.23. The van der Waals surface area contributed by atoms with E-state index in [0.29, 0.717) is 35.1 Å². The van der Waals surface area contributed by atoms with Gasteiger partial charge in [0, 0.05) is 16.1 Å². The van der Waals surface area contributed by atoms with Gasteiger partial charge < -0.3 is 14.2 Å². The van der Waals surface area contributed by atoms with Gasteiger partial charge in [0.15, 0.2) is 0 Å². The highest BCUT2D eigenvalue weighted by molar-refractivity contribution is 9.10. The molecule has 0 saturated carbocycles. The quantitative estimate of drug-likeness (QED) is 0.309. The molecule has 4 rings (SSSR count). The lowest BCUT2D eigenvalue weighted by Crippen LogP contribution is -2.54. The van der Waals surface area contributed by atoms with Crippen LogP contribution in [0.1, 0.15) is 18.1 Å². The topological polar surface area (TPSA) is 94.2 Å². The molecule has 0 spiro atoms. The Morgan fingerprint density at radius 3 is 2.28 bits per heavy atom. The third-order valence-electron chi connectivity index (χ3n) is 5.34. The van der Waals surface area contributed by atoms with Crippen molar-refractivity contribution < 1.29 is 28.6 Å². The molecule has 0 bridgehead atoms. The zero-order valence-corrected chi connectivity index (χ0v) is 21.2. The van der Waals surface area contributed by atoms with Gasteiger partial charge in [0.05, 0.1) is 19.4 Å². The number of amides is 4. The van der Waals surface area contributed by atoms with E-state index in [1.165, 1.54) is 13.2 Å². The molecule has 0 aliphatic carbocycles. The van der Waals surface area contributed by atoms with Crippen molar-refractivity contribution in [2.24, 2.45) is 0 Å². The van der Waals surface area contributed by atoms with Crippen molar-refractivity contribution in [1.82, 2.24) is 5.32 Å². The summed E-state index contributed by atoms with van der Waals surface area (Å²) >= 11 is 3.41. The highest BCUT2D eigenvalue weighted by Gasteiger charge is 2.37. The summed E-state index contributed by atoms with van der Waals surface area (Å²) in [4.78, 5) is 39.4. The second kappa shape index (κ2) is 11.1. The maximum absolute atomic E-state index is 13.3. The number of anilines is 1. The van der Waals surface area contributed by atoms with E-state index in [1.807, 2.05) is 31.2 Å². The summed E-state index contributed by atoms with van der Waals surface area (Å²) in [6.07, 6.45) is 1.40. The number of nitrogens with one attached hydrogen (secondary N) is 1. The molecule has 4 amide bonds. The second-order valence-electron chi connectivity index (χ2n) is 7.70. The van der Waals surface area contributed by atoms with Gasteiger partial charge in [-0.2, -0.15) is 0 Å². The van der Waals surface area contributed by atoms with E-state index in [1.54, 1.807) is 42.5 Å². The number of halogens is 1. The fraction of sp³-hybridized carbons (Fsp3) is 0.148. The number of methoxy groups -OCH3 is 1. The molecule has 36 heavy (non-hydrogen) atoms. The van der Waals surface area contributed by atoms with E-state index in [9.17, 15) is 14.4 Å². The van der Waals surface area contributed by atoms with Gasteiger partial charge in [-0.05, 0) is 67.1 Å². The van der Waals surface area contributed by atoms with E-state index in [0.717, 1.165) is 14.9 Å². The first kappa shape index (κ1) is 25.0. The van der Waals surface area contributed by atoms with Crippen molar-refractivity contribution in [3.05, 3.63) is 87.9 Å². The molecule has 0 radical (unpaired) electrons. The van der Waals surface area contributed by atoms with Crippen LogP contribution < -0.4 is 24.4 Å². The standard InChI is InChI=1S/C27H23BrN2O6/c1-3-35-21-12-9-20(10-13-21)30-26(32)23(25(31)29-27(30)33)14-18-6-11-22(34-2)15-24(18)36-16-17-4-7-19(28)8-5-17/h4-15H,3,16H2,1-2H3,(H,29,31,33)/b23-14+. The number of hydrogen-bond acceptors (Lipinski definition) is 6. The zero-order chi connectivity index (χ0) is 25.7. The minimum absolute atomic E-state index is 0.206. The first-order valence-electron chi connectivity index (χ1n) is 11.1. The second-order valence-corrected chi connectivity index (χ2v) is 8.62. The number of carbonyl (C=O) groups is 3. The van der Waals surface area contributed by atoms with Crippen LogP contribution in [-0.4, -0.2) is 31.6 Å². The number of rotatable bonds is 8. The molecule has 1 fully saturated rings.